The number of nitriles is 1. The van der Waals surface area contributed by atoms with Crippen molar-refractivity contribution >= 4 is 11.8 Å². The predicted octanol–water partition coefficient (Wildman–Crippen LogP) is 0.972. The van der Waals surface area contributed by atoms with Crippen LogP contribution in [-0.2, 0) is 0 Å². The number of aliphatic hydroxyl groups is 1. The molecular weight excluding hydrogens is 122 g/mol. The van der Waals surface area contributed by atoms with E-state index in [1.807, 2.05) is 6.92 Å². The van der Waals surface area contributed by atoms with Gasteiger partial charge in [0.2, 0.25) is 0 Å². The highest BCUT2D eigenvalue weighted by Crippen LogP contribution is 2.10. The first kappa shape index (κ1) is 7.80. The number of hydrogen-bond donors (Lipinski definition) is 1. The molecule has 0 fully saturated rings. The second-order valence-electron chi connectivity index (χ2n) is 1.32. The number of aliphatic hydroxyl groups excluding tert-OH is 1. The van der Waals surface area contributed by atoms with E-state index >= 15 is 0 Å². The molecule has 0 aliphatic heterocycles. The van der Waals surface area contributed by atoms with Crippen LogP contribution in [0.2, 0.25) is 0 Å². The fourth-order valence-corrected chi connectivity index (χ4v) is 0.827. The lowest BCUT2D eigenvalue weighted by molar-refractivity contribution is 0.375. The largest absolute Gasteiger partial charge is 0.386 e. The minimum atomic E-state index is -0.0278. The van der Waals surface area contributed by atoms with Gasteiger partial charge in [-0.05, 0) is 6.42 Å². The Morgan fingerprint density at radius 2 is 2.50 bits per heavy atom. The minimum Gasteiger partial charge on any atom is -0.386 e. The van der Waals surface area contributed by atoms with Crippen LogP contribution in [0.1, 0.15) is 13.3 Å². The van der Waals surface area contributed by atoms with Crippen molar-refractivity contribution in [2.75, 3.05) is 5.94 Å². The third-order valence-corrected chi connectivity index (χ3v) is 1.78. The molecule has 0 rings (SSSR count). The van der Waals surface area contributed by atoms with Crippen LogP contribution < -0.4 is 0 Å². The predicted molar refractivity (Wildman–Crippen MR) is 34.4 cm³/mol. The molecule has 0 saturated heterocycles. The zero-order chi connectivity index (χ0) is 6.41. The standard InChI is InChI=1S/C5H9NOS/c1-2-5(3-6)8-4-7/h5,7H,2,4H2,1H3. The van der Waals surface area contributed by atoms with Crippen molar-refractivity contribution in [2.45, 2.75) is 18.6 Å². The molecule has 0 spiro atoms. The first-order valence-electron chi connectivity index (χ1n) is 2.47. The molecule has 46 valence electrons. The van der Waals surface area contributed by atoms with Crippen molar-refractivity contribution in [3.8, 4) is 6.07 Å². The van der Waals surface area contributed by atoms with E-state index in [0.29, 0.717) is 0 Å². The SMILES string of the molecule is CCC(C#N)SCO. The van der Waals surface area contributed by atoms with E-state index in [9.17, 15) is 0 Å². The Kier molecular flexibility index (Phi) is 4.82. The summed E-state index contributed by atoms with van der Waals surface area (Å²) in [5, 5.41) is 16.6. The Balaban J connectivity index is 3.26. The number of rotatable bonds is 3. The summed E-state index contributed by atoms with van der Waals surface area (Å²) >= 11 is 1.27. The van der Waals surface area contributed by atoms with Gasteiger partial charge in [0.25, 0.3) is 0 Å². The van der Waals surface area contributed by atoms with E-state index in [4.69, 9.17) is 10.4 Å². The molecule has 0 heterocycles. The number of nitrogens with zero attached hydrogens (tertiary/aromatic N) is 1. The third-order valence-electron chi connectivity index (χ3n) is 0.791. The van der Waals surface area contributed by atoms with Gasteiger partial charge in [0.05, 0.1) is 17.3 Å². The lowest BCUT2D eigenvalue weighted by Crippen LogP contribution is -1.95. The molecule has 0 aromatic rings. The molecule has 2 nitrogen and oxygen atoms in total. The summed E-state index contributed by atoms with van der Waals surface area (Å²) in [6.45, 7) is 1.93. The molecule has 0 aromatic carbocycles. The normalized spacial score (nSPS) is 12.6. The Hall–Kier alpha value is -0.200. The molecule has 1 atom stereocenters. The van der Waals surface area contributed by atoms with Crippen LogP contribution in [0.5, 0.6) is 0 Å². The topological polar surface area (TPSA) is 44.0 Å². The summed E-state index contributed by atoms with van der Waals surface area (Å²) in [6.07, 6.45) is 0.807. The fraction of sp³-hybridized carbons (Fsp3) is 0.800. The average molecular weight is 131 g/mol. The van der Waals surface area contributed by atoms with Crippen LogP contribution in [-0.4, -0.2) is 16.3 Å². The molecule has 1 unspecified atom stereocenters. The van der Waals surface area contributed by atoms with Gasteiger partial charge in [-0.2, -0.15) is 5.26 Å². The van der Waals surface area contributed by atoms with Crippen LogP contribution in [0.4, 0.5) is 0 Å². The molecule has 0 radical (unpaired) electrons. The van der Waals surface area contributed by atoms with Crippen LogP contribution >= 0.6 is 11.8 Å². The van der Waals surface area contributed by atoms with Crippen LogP contribution in [0, 0.1) is 11.3 Å². The summed E-state index contributed by atoms with van der Waals surface area (Å²) in [6, 6.07) is 2.06. The monoisotopic (exact) mass is 131 g/mol. The van der Waals surface area contributed by atoms with Crippen molar-refractivity contribution in [3.63, 3.8) is 0 Å². The summed E-state index contributed by atoms with van der Waals surface area (Å²) < 4.78 is 0. The molecule has 0 aliphatic rings. The Bertz CT molecular complexity index is 88.9. The van der Waals surface area contributed by atoms with Crippen LogP contribution in [0.3, 0.4) is 0 Å². The zero-order valence-corrected chi connectivity index (χ0v) is 5.61. The molecule has 0 bridgehead atoms. The van der Waals surface area contributed by atoms with E-state index in [-0.39, 0.29) is 11.2 Å². The first-order chi connectivity index (χ1) is 3.85. The van der Waals surface area contributed by atoms with Gasteiger partial charge >= 0.3 is 0 Å². The van der Waals surface area contributed by atoms with Gasteiger partial charge in [0.15, 0.2) is 0 Å². The van der Waals surface area contributed by atoms with Crippen molar-refractivity contribution < 1.29 is 5.11 Å². The third kappa shape index (κ3) is 2.89. The molecular formula is C5H9NOS. The fourth-order valence-electron chi connectivity index (χ4n) is 0.336. The lowest BCUT2D eigenvalue weighted by atomic mass is 10.4. The molecule has 1 N–H and O–H groups in total. The van der Waals surface area contributed by atoms with Gasteiger partial charge in [0, 0.05) is 0 Å². The molecule has 3 heteroatoms. The second-order valence-corrected chi connectivity index (χ2v) is 2.48. The maximum absolute atomic E-state index is 8.31. The van der Waals surface area contributed by atoms with Crippen LogP contribution in [0.25, 0.3) is 0 Å². The number of thioether (sulfide) groups is 1. The molecule has 0 saturated carbocycles. The maximum atomic E-state index is 8.31. The Labute approximate surface area is 53.5 Å². The minimum absolute atomic E-state index is 0.0278. The van der Waals surface area contributed by atoms with Gasteiger partial charge in [0.1, 0.15) is 0 Å². The Morgan fingerprint density at radius 1 is 1.88 bits per heavy atom. The molecule has 0 aromatic heterocycles. The van der Waals surface area contributed by atoms with E-state index in [1.54, 1.807) is 0 Å². The van der Waals surface area contributed by atoms with Gasteiger partial charge in [-0.3, -0.25) is 0 Å². The van der Waals surface area contributed by atoms with Crippen molar-refractivity contribution in [1.82, 2.24) is 0 Å². The van der Waals surface area contributed by atoms with E-state index in [2.05, 4.69) is 6.07 Å². The summed E-state index contributed by atoms with van der Waals surface area (Å²) in [4.78, 5) is 0. The maximum Gasteiger partial charge on any atom is 0.0936 e. The molecule has 0 aliphatic carbocycles. The van der Waals surface area contributed by atoms with E-state index < -0.39 is 0 Å². The second kappa shape index (κ2) is 4.95. The molecule has 0 amide bonds. The first-order valence-corrected chi connectivity index (χ1v) is 3.52. The highest BCUT2D eigenvalue weighted by atomic mass is 32.2. The summed E-state index contributed by atoms with van der Waals surface area (Å²) in [5.41, 5.74) is 0. The Morgan fingerprint density at radius 3 is 2.62 bits per heavy atom. The van der Waals surface area contributed by atoms with Crippen molar-refractivity contribution in [3.05, 3.63) is 0 Å². The summed E-state index contributed by atoms with van der Waals surface area (Å²) in [5.74, 6) is 0.0477. The van der Waals surface area contributed by atoms with E-state index in [0.717, 1.165) is 6.42 Å². The highest BCUT2D eigenvalue weighted by Gasteiger charge is 2.00. The van der Waals surface area contributed by atoms with Crippen molar-refractivity contribution in [2.24, 2.45) is 0 Å². The van der Waals surface area contributed by atoms with E-state index in [1.165, 1.54) is 11.8 Å². The van der Waals surface area contributed by atoms with Gasteiger partial charge < -0.3 is 5.11 Å². The zero-order valence-electron chi connectivity index (χ0n) is 4.79. The van der Waals surface area contributed by atoms with Crippen LogP contribution in [0.15, 0.2) is 0 Å². The average Bonchev–Trinajstić information content (AvgIpc) is 1.83. The number of hydrogen-bond acceptors (Lipinski definition) is 3. The van der Waals surface area contributed by atoms with Gasteiger partial charge in [-0.25, -0.2) is 0 Å². The quantitative estimate of drug-likeness (QED) is 0.580. The summed E-state index contributed by atoms with van der Waals surface area (Å²) in [7, 11) is 0. The van der Waals surface area contributed by atoms with Crippen molar-refractivity contribution in [1.29, 1.82) is 5.26 Å². The van der Waals surface area contributed by atoms with Gasteiger partial charge in [-0.1, -0.05) is 6.92 Å². The molecule has 8 heavy (non-hydrogen) atoms. The lowest BCUT2D eigenvalue weighted by Gasteiger charge is -1.98. The van der Waals surface area contributed by atoms with Gasteiger partial charge in [-0.15, -0.1) is 11.8 Å². The smallest absolute Gasteiger partial charge is 0.0936 e. The highest BCUT2D eigenvalue weighted by molar-refractivity contribution is 7.99.